The van der Waals surface area contributed by atoms with Crippen molar-refractivity contribution in [1.82, 2.24) is 10.6 Å². The zero-order chi connectivity index (χ0) is 11.1. The number of urea groups is 1. The second-order valence-electron chi connectivity index (χ2n) is 3.83. The first kappa shape index (κ1) is 12.0. The summed E-state index contributed by atoms with van der Waals surface area (Å²) in [5.74, 6) is 0. The van der Waals surface area contributed by atoms with E-state index < -0.39 is 0 Å². The van der Waals surface area contributed by atoms with Gasteiger partial charge in [0.15, 0.2) is 0 Å². The van der Waals surface area contributed by atoms with Gasteiger partial charge >= 0.3 is 6.03 Å². The fourth-order valence-corrected chi connectivity index (χ4v) is 1.35. The first-order chi connectivity index (χ1) is 7.22. The molecule has 4 heteroatoms. The highest BCUT2D eigenvalue weighted by atomic mass is 16.5. The van der Waals surface area contributed by atoms with Crippen molar-refractivity contribution in [2.45, 2.75) is 39.2 Å². The van der Waals surface area contributed by atoms with Crippen LogP contribution in [0.3, 0.4) is 0 Å². The zero-order valence-electron chi connectivity index (χ0n) is 9.51. The first-order valence-corrected chi connectivity index (χ1v) is 5.54. The molecule has 0 saturated carbocycles. The summed E-state index contributed by atoms with van der Waals surface area (Å²) in [5, 5.41) is 5.47. The van der Waals surface area contributed by atoms with Crippen LogP contribution in [0.25, 0.3) is 0 Å². The Morgan fingerprint density at radius 3 is 3.00 bits per heavy atom. The van der Waals surface area contributed by atoms with Crippen molar-refractivity contribution in [3.63, 3.8) is 0 Å². The lowest BCUT2D eigenvalue weighted by Crippen LogP contribution is -2.37. The minimum Gasteiger partial charge on any atom is -0.376 e. The van der Waals surface area contributed by atoms with Gasteiger partial charge in [-0.1, -0.05) is 12.5 Å². The maximum atomic E-state index is 11.3. The van der Waals surface area contributed by atoms with Gasteiger partial charge in [-0.2, -0.15) is 0 Å². The van der Waals surface area contributed by atoms with E-state index in [0.29, 0.717) is 6.54 Å². The van der Waals surface area contributed by atoms with Crippen LogP contribution in [0.1, 0.15) is 33.1 Å². The number of hydrogen-bond acceptors (Lipinski definition) is 2. The van der Waals surface area contributed by atoms with Crippen LogP contribution in [0.2, 0.25) is 0 Å². The predicted molar refractivity (Wildman–Crippen MR) is 59.6 cm³/mol. The van der Waals surface area contributed by atoms with Gasteiger partial charge in [0.25, 0.3) is 0 Å². The molecule has 2 amide bonds. The molecule has 1 heterocycles. The van der Waals surface area contributed by atoms with Crippen LogP contribution < -0.4 is 10.6 Å². The molecule has 4 nitrogen and oxygen atoms in total. The number of carbonyl (C=O) groups excluding carboxylic acids is 1. The summed E-state index contributed by atoms with van der Waals surface area (Å²) in [7, 11) is 0. The van der Waals surface area contributed by atoms with Crippen molar-refractivity contribution in [2.24, 2.45) is 0 Å². The summed E-state index contributed by atoms with van der Waals surface area (Å²) in [6, 6.07) is -0.154. The highest BCUT2D eigenvalue weighted by molar-refractivity contribution is 5.74. The third-order valence-electron chi connectivity index (χ3n) is 2.52. The summed E-state index contributed by atoms with van der Waals surface area (Å²) in [6.07, 6.45) is 5.04. The molecule has 0 aromatic rings. The Morgan fingerprint density at radius 1 is 1.60 bits per heavy atom. The Morgan fingerprint density at radius 2 is 2.40 bits per heavy atom. The fourth-order valence-electron chi connectivity index (χ4n) is 1.35. The summed E-state index contributed by atoms with van der Waals surface area (Å²) < 4.78 is 5.39. The van der Waals surface area contributed by atoms with E-state index in [1.165, 1.54) is 0 Å². The standard InChI is InChI=1S/C11H20N2O2/c1-3-9(2)7-12-11(14)13-8-10-5-4-6-15-10/h7,10H,3-6,8H2,1-2H3,(H2,12,13,14)/b9-7+. The third-order valence-corrected chi connectivity index (χ3v) is 2.52. The monoisotopic (exact) mass is 212 g/mol. The highest BCUT2D eigenvalue weighted by Gasteiger charge is 2.15. The lowest BCUT2D eigenvalue weighted by molar-refractivity contribution is 0.111. The smallest absolute Gasteiger partial charge is 0.318 e. The quantitative estimate of drug-likeness (QED) is 0.746. The van der Waals surface area contributed by atoms with Gasteiger partial charge in [-0.05, 0) is 26.2 Å². The molecule has 1 saturated heterocycles. The van der Waals surface area contributed by atoms with Crippen molar-refractivity contribution >= 4 is 6.03 Å². The Hall–Kier alpha value is -1.03. The van der Waals surface area contributed by atoms with Crippen molar-refractivity contribution < 1.29 is 9.53 Å². The first-order valence-electron chi connectivity index (χ1n) is 5.54. The van der Waals surface area contributed by atoms with Gasteiger partial charge in [0.05, 0.1) is 6.10 Å². The average molecular weight is 212 g/mol. The van der Waals surface area contributed by atoms with Gasteiger partial charge in [0.1, 0.15) is 0 Å². The van der Waals surface area contributed by atoms with E-state index in [0.717, 1.165) is 31.4 Å². The Labute approximate surface area is 91.1 Å². The van der Waals surface area contributed by atoms with Crippen molar-refractivity contribution in [1.29, 1.82) is 0 Å². The Balaban J connectivity index is 2.12. The molecule has 1 aliphatic rings. The van der Waals surface area contributed by atoms with E-state index in [4.69, 9.17) is 4.74 Å². The number of rotatable bonds is 4. The maximum absolute atomic E-state index is 11.3. The normalized spacial score (nSPS) is 21.5. The van der Waals surface area contributed by atoms with Crippen LogP contribution in [0.5, 0.6) is 0 Å². The molecule has 1 atom stereocenters. The van der Waals surface area contributed by atoms with Gasteiger partial charge < -0.3 is 15.4 Å². The number of ether oxygens (including phenoxy) is 1. The molecule has 0 aromatic carbocycles. The molecule has 15 heavy (non-hydrogen) atoms. The minimum absolute atomic E-state index is 0.154. The highest BCUT2D eigenvalue weighted by Crippen LogP contribution is 2.10. The zero-order valence-corrected chi connectivity index (χ0v) is 9.51. The molecule has 0 radical (unpaired) electrons. The number of amides is 2. The maximum Gasteiger partial charge on any atom is 0.318 e. The Kier molecular flexibility index (Phi) is 5.18. The Bertz CT molecular complexity index is 233. The number of nitrogens with one attached hydrogen (secondary N) is 2. The van der Waals surface area contributed by atoms with Crippen LogP contribution >= 0.6 is 0 Å². The average Bonchev–Trinajstić information content (AvgIpc) is 2.75. The SMILES string of the molecule is CC/C(C)=C/NC(=O)NCC1CCCO1. The second-order valence-corrected chi connectivity index (χ2v) is 3.83. The van der Waals surface area contributed by atoms with E-state index in [2.05, 4.69) is 17.6 Å². The lowest BCUT2D eigenvalue weighted by Gasteiger charge is -2.10. The molecule has 1 fully saturated rings. The van der Waals surface area contributed by atoms with Gasteiger partial charge in [-0.25, -0.2) is 4.79 Å². The van der Waals surface area contributed by atoms with Crippen LogP contribution in [-0.2, 0) is 4.74 Å². The fraction of sp³-hybridized carbons (Fsp3) is 0.727. The summed E-state index contributed by atoms with van der Waals surface area (Å²) >= 11 is 0. The molecular weight excluding hydrogens is 192 g/mol. The molecule has 0 bridgehead atoms. The van der Waals surface area contributed by atoms with Crippen LogP contribution in [0.15, 0.2) is 11.8 Å². The lowest BCUT2D eigenvalue weighted by atomic mass is 10.2. The molecular formula is C11H20N2O2. The molecule has 1 unspecified atom stereocenters. The van der Waals surface area contributed by atoms with E-state index in [-0.39, 0.29) is 12.1 Å². The number of carbonyl (C=O) groups is 1. The third kappa shape index (κ3) is 4.83. The topological polar surface area (TPSA) is 50.4 Å². The summed E-state index contributed by atoms with van der Waals surface area (Å²) in [6.45, 7) is 5.46. The van der Waals surface area contributed by atoms with Crippen molar-refractivity contribution in [2.75, 3.05) is 13.2 Å². The molecule has 86 valence electrons. The van der Waals surface area contributed by atoms with E-state index >= 15 is 0 Å². The van der Waals surface area contributed by atoms with E-state index in [9.17, 15) is 4.79 Å². The summed E-state index contributed by atoms with van der Waals surface area (Å²) in [5.41, 5.74) is 1.15. The molecule has 0 aromatic heterocycles. The van der Waals surface area contributed by atoms with Gasteiger partial charge in [0, 0.05) is 19.4 Å². The van der Waals surface area contributed by atoms with Crippen molar-refractivity contribution in [3.8, 4) is 0 Å². The molecule has 0 aliphatic carbocycles. The summed E-state index contributed by atoms with van der Waals surface area (Å²) in [4.78, 5) is 11.3. The predicted octanol–water partition coefficient (Wildman–Crippen LogP) is 1.78. The molecule has 2 N–H and O–H groups in total. The molecule has 1 aliphatic heterocycles. The van der Waals surface area contributed by atoms with Gasteiger partial charge in [-0.15, -0.1) is 0 Å². The number of allylic oxidation sites excluding steroid dienone is 1. The number of hydrogen-bond donors (Lipinski definition) is 2. The van der Waals surface area contributed by atoms with Gasteiger partial charge in [-0.3, -0.25) is 0 Å². The van der Waals surface area contributed by atoms with Crippen LogP contribution in [0.4, 0.5) is 4.79 Å². The van der Waals surface area contributed by atoms with Gasteiger partial charge in [0.2, 0.25) is 0 Å². The molecule has 1 rings (SSSR count). The molecule has 0 spiro atoms. The largest absolute Gasteiger partial charge is 0.376 e. The second kappa shape index (κ2) is 6.45. The minimum atomic E-state index is -0.154. The van der Waals surface area contributed by atoms with E-state index in [1.54, 1.807) is 6.20 Å². The van der Waals surface area contributed by atoms with E-state index in [1.807, 2.05) is 6.92 Å². The van der Waals surface area contributed by atoms with Crippen molar-refractivity contribution in [3.05, 3.63) is 11.8 Å². The van der Waals surface area contributed by atoms with Crippen LogP contribution in [-0.4, -0.2) is 25.3 Å². The van der Waals surface area contributed by atoms with Crippen LogP contribution in [0, 0.1) is 0 Å².